The van der Waals surface area contributed by atoms with Crippen molar-refractivity contribution in [3.63, 3.8) is 0 Å². The fraction of sp³-hybridized carbons (Fsp3) is 0.241. The van der Waals surface area contributed by atoms with Crippen molar-refractivity contribution in [3.05, 3.63) is 110 Å². The molecule has 5 rings (SSSR count). The number of amides is 1. The van der Waals surface area contributed by atoms with Gasteiger partial charge in [-0.1, -0.05) is 60.0 Å². The molecular weight excluding hydrogens is 525 g/mol. The van der Waals surface area contributed by atoms with Crippen LogP contribution in [0.15, 0.2) is 80.4 Å². The maximum absolute atomic E-state index is 13.7. The Bertz CT molecular complexity index is 1480. The highest BCUT2D eigenvalue weighted by Gasteiger charge is 2.42. The van der Waals surface area contributed by atoms with E-state index in [2.05, 4.69) is 22.9 Å². The van der Waals surface area contributed by atoms with Gasteiger partial charge in [0.2, 0.25) is 5.76 Å². The summed E-state index contributed by atoms with van der Waals surface area (Å²) >= 11 is 3.42. The normalized spacial score (nSPS) is 14.9. The molecule has 1 atom stereocenters. The SMILES string of the molecule is CCCCCOc1cccc(C2c3c(oc4ccc(Br)cc4c3=O)C(=O)N2Cc2ccc(F)cc2)c1. The van der Waals surface area contributed by atoms with Gasteiger partial charge in [-0.3, -0.25) is 9.59 Å². The van der Waals surface area contributed by atoms with E-state index in [0.717, 1.165) is 34.9 Å². The number of hydrogen-bond acceptors (Lipinski definition) is 4. The number of ether oxygens (including phenoxy) is 1. The molecule has 0 saturated carbocycles. The minimum atomic E-state index is -0.670. The molecule has 3 aromatic carbocycles. The van der Waals surface area contributed by atoms with Crippen molar-refractivity contribution in [2.45, 2.75) is 38.8 Å². The highest BCUT2D eigenvalue weighted by atomic mass is 79.9. The molecule has 36 heavy (non-hydrogen) atoms. The van der Waals surface area contributed by atoms with Gasteiger partial charge in [0.25, 0.3) is 5.91 Å². The second-order valence-electron chi connectivity index (χ2n) is 8.90. The standard InChI is InChI=1S/C29H25BrFNO4/c1-2-3-4-14-35-22-7-5-6-19(15-22)26-25-27(33)23-16-20(30)10-13-24(23)36-28(25)29(34)32(26)17-18-8-11-21(31)12-9-18/h5-13,15-16,26H,2-4,14,17H2,1H3. The van der Waals surface area contributed by atoms with Crippen molar-refractivity contribution in [2.75, 3.05) is 6.61 Å². The topological polar surface area (TPSA) is 59.8 Å². The minimum absolute atomic E-state index is 0.0381. The average molecular weight is 550 g/mol. The van der Waals surface area contributed by atoms with Crippen molar-refractivity contribution in [1.82, 2.24) is 4.90 Å². The first kappa shape index (κ1) is 24.3. The highest BCUT2D eigenvalue weighted by Crippen LogP contribution is 2.40. The van der Waals surface area contributed by atoms with Gasteiger partial charge in [0.1, 0.15) is 17.1 Å². The summed E-state index contributed by atoms with van der Waals surface area (Å²) in [7, 11) is 0. The van der Waals surface area contributed by atoms with E-state index in [1.807, 2.05) is 24.3 Å². The second kappa shape index (κ2) is 10.3. The monoisotopic (exact) mass is 549 g/mol. The summed E-state index contributed by atoms with van der Waals surface area (Å²) in [6, 6.07) is 18.0. The van der Waals surface area contributed by atoms with Crippen LogP contribution in [0, 0.1) is 5.82 Å². The molecule has 0 bridgehead atoms. The Morgan fingerprint density at radius 3 is 2.61 bits per heavy atom. The number of halogens is 2. The lowest BCUT2D eigenvalue weighted by molar-refractivity contribution is 0.0714. The van der Waals surface area contributed by atoms with Gasteiger partial charge in [0.05, 0.1) is 23.6 Å². The minimum Gasteiger partial charge on any atom is -0.494 e. The predicted octanol–water partition coefficient (Wildman–Crippen LogP) is 7.01. The van der Waals surface area contributed by atoms with E-state index in [9.17, 15) is 14.0 Å². The maximum atomic E-state index is 13.7. The van der Waals surface area contributed by atoms with Gasteiger partial charge >= 0.3 is 0 Å². The molecule has 1 aromatic heterocycles. The molecule has 1 unspecified atom stereocenters. The molecule has 4 aromatic rings. The smallest absolute Gasteiger partial charge is 0.291 e. The van der Waals surface area contributed by atoms with E-state index in [-0.39, 0.29) is 29.5 Å². The third-order valence-electron chi connectivity index (χ3n) is 6.38. The summed E-state index contributed by atoms with van der Waals surface area (Å²) < 4.78 is 26.2. The number of rotatable bonds is 8. The van der Waals surface area contributed by atoms with E-state index in [4.69, 9.17) is 9.15 Å². The Labute approximate surface area is 216 Å². The third-order valence-corrected chi connectivity index (χ3v) is 6.88. The van der Waals surface area contributed by atoms with Crippen LogP contribution < -0.4 is 10.2 Å². The van der Waals surface area contributed by atoms with E-state index in [0.29, 0.717) is 28.9 Å². The molecule has 5 nitrogen and oxygen atoms in total. The summed E-state index contributed by atoms with van der Waals surface area (Å²) in [4.78, 5) is 29.0. The molecule has 2 heterocycles. The van der Waals surface area contributed by atoms with Gasteiger partial charge in [-0.15, -0.1) is 0 Å². The number of fused-ring (bicyclic) bond motifs is 2. The Kier molecular flexibility index (Phi) is 6.92. The summed E-state index contributed by atoms with van der Waals surface area (Å²) in [6.45, 7) is 2.92. The third kappa shape index (κ3) is 4.67. The highest BCUT2D eigenvalue weighted by molar-refractivity contribution is 9.10. The molecule has 0 N–H and O–H groups in total. The van der Waals surface area contributed by atoms with Crippen molar-refractivity contribution < 1.29 is 18.3 Å². The number of nitrogens with zero attached hydrogens (tertiary/aromatic N) is 1. The van der Waals surface area contributed by atoms with Crippen LogP contribution in [0.3, 0.4) is 0 Å². The zero-order valence-electron chi connectivity index (χ0n) is 19.8. The van der Waals surface area contributed by atoms with E-state index < -0.39 is 6.04 Å². The van der Waals surface area contributed by atoms with Crippen LogP contribution in [0.2, 0.25) is 0 Å². The van der Waals surface area contributed by atoms with E-state index in [1.54, 1.807) is 35.2 Å². The molecular formula is C29H25BrFNO4. The zero-order valence-corrected chi connectivity index (χ0v) is 21.4. The predicted molar refractivity (Wildman–Crippen MR) is 140 cm³/mol. The number of carbonyl (C=O) groups is 1. The molecule has 0 aliphatic carbocycles. The lowest BCUT2D eigenvalue weighted by Crippen LogP contribution is -2.29. The summed E-state index contributed by atoms with van der Waals surface area (Å²) in [6.07, 6.45) is 3.13. The van der Waals surface area contributed by atoms with Crippen molar-refractivity contribution in [1.29, 1.82) is 0 Å². The van der Waals surface area contributed by atoms with Crippen LogP contribution in [0.25, 0.3) is 11.0 Å². The molecule has 7 heteroatoms. The molecule has 1 amide bonds. The van der Waals surface area contributed by atoms with Gasteiger partial charge in [-0.05, 0) is 60.0 Å². The molecule has 1 aliphatic heterocycles. The summed E-state index contributed by atoms with van der Waals surface area (Å²) in [5.74, 6) is -0.0150. The van der Waals surface area contributed by atoms with Gasteiger partial charge < -0.3 is 14.1 Å². The van der Waals surface area contributed by atoms with Crippen molar-refractivity contribution in [3.8, 4) is 5.75 Å². The number of carbonyl (C=O) groups excluding carboxylic acids is 1. The lowest BCUT2D eigenvalue weighted by atomic mass is 9.98. The van der Waals surface area contributed by atoms with Crippen LogP contribution in [-0.2, 0) is 6.54 Å². The Hall–Kier alpha value is -3.45. The Morgan fingerprint density at radius 1 is 1.03 bits per heavy atom. The van der Waals surface area contributed by atoms with Gasteiger partial charge in [0, 0.05) is 11.0 Å². The van der Waals surface area contributed by atoms with Crippen LogP contribution in [0.4, 0.5) is 4.39 Å². The van der Waals surface area contributed by atoms with Gasteiger partial charge in [-0.2, -0.15) is 0 Å². The fourth-order valence-corrected chi connectivity index (χ4v) is 4.97. The van der Waals surface area contributed by atoms with Gasteiger partial charge in [0.15, 0.2) is 5.43 Å². The second-order valence-corrected chi connectivity index (χ2v) is 9.82. The first-order valence-corrected chi connectivity index (χ1v) is 12.8. The van der Waals surface area contributed by atoms with Crippen LogP contribution in [0.5, 0.6) is 5.75 Å². The van der Waals surface area contributed by atoms with E-state index >= 15 is 0 Å². The Morgan fingerprint density at radius 2 is 1.83 bits per heavy atom. The molecule has 0 radical (unpaired) electrons. The number of unbranched alkanes of at least 4 members (excludes halogenated alkanes) is 2. The first-order chi connectivity index (χ1) is 17.5. The lowest BCUT2D eigenvalue weighted by Gasteiger charge is -2.25. The van der Waals surface area contributed by atoms with Gasteiger partial charge in [-0.25, -0.2) is 4.39 Å². The zero-order chi connectivity index (χ0) is 25.2. The fourth-order valence-electron chi connectivity index (χ4n) is 4.61. The summed E-state index contributed by atoms with van der Waals surface area (Å²) in [5, 5.41) is 0.400. The van der Waals surface area contributed by atoms with Crippen LogP contribution in [0.1, 0.15) is 59.5 Å². The number of hydrogen-bond donors (Lipinski definition) is 0. The molecule has 0 fully saturated rings. The van der Waals surface area contributed by atoms with E-state index in [1.165, 1.54) is 12.1 Å². The maximum Gasteiger partial charge on any atom is 0.291 e. The first-order valence-electron chi connectivity index (χ1n) is 12.0. The molecule has 0 saturated heterocycles. The van der Waals surface area contributed by atoms with Crippen LogP contribution in [-0.4, -0.2) is 17.4 Å². The van der Waals surface area contributed by atoms with Crippen LogP contribution >= 0.6 is 15.9 Å². The summed E-state index contributed by atoms with van der Waals surface area (Å²) in [5.41, 5.74) is 1.90. The molecule has 184 valence electrons. The largest absolute Gasteiger partial charge is 0.494 e. The average Bonchev–Trinajstić information content (AvgIpc) is 3.15. The quantitative estimate of drug-likeness (QED) is 0.222. The van der Waals surface area contributed by atoms with Crippen molar-refractivity contribution >= 4 is 32.8 Å². The van der Waals surface area contributed by atoms with Crippen molar-refractivity contribution in [2.24, 2.45) is 0 Å². The Balaban J connectivity index is 1.61. The molecule has 1 aliphatic rings. The molecule has 0 spiro atoms. The number of benzene rings is 3.